The van der Waals surface area contributed by atoms with E-state index in [1.165, 1.54) is 0 Å². The molecular weight excluding hydrogens is 200 g/mol. The Labute approximate surface area is 98.7 Å². The van der Waals surface area contributed by atoms with E-state index in [2.05, 4.69) is 31.1 Å². The van der Waals surface area contributed by atoms with Crippen molar-refractivity contribution in [1.82, 2.24) is 5.32 Å². The van der Waals surface area contributed by atoms with E-state index >= 15 is 0 Å². The molecule has 0 aliphatic carbocycles. The molecule has 2 unspecified atom stereocenters. The fourth-order valence-corrected chi connectivity index (χ4v) is 2.59. The molecule has 0 aromatic carbocycles. The molecule has 16 heavy (non-hydrogen) atoms. The molecule has 0 spiro atoms. The highest BCUT2D eigenvalue weighted by molar-refractivity contribution is 5.54. The molecule has 1 aliphatic heterocycles. The highest BCUT2D eigenvalue weighted by atomic mass is 16.3. The van der Waals surface area contributed by atoms with Crippen molar-refractivity contribution in [1.29, 1.82) is 0 Å². The molecule has 0 bridgehead atoms. The molecule has 0 radical (unpaired) electrons. The van der Waals surface area contributed by atoms with Gasteiger partial charge in [0.1, 0.15) is 0 Å². The van der Waals surface area contributed by atoms with E-state index in [0.29, 0.717) is 0 Å². The first kappa shape index (κ1) is 13.4. The number of nitrogens with one attached hydrogen (secondary N) is 1. The Morgan fingerprint density at radius 2 is 2.00 bits per heavy atom. The molecule has 1 fully saturated rings. The molecule has 2 atom stereocenters. The molecule has 1 saturated heterocycles. The zero-order valence-electron chi connectivity index (χ0n) is 10.8. The molecule has 3 nitrogen and oxygen atoms in total. The zero-order chi connectivity index (χ0) is 12.2. The van der Waals surface area contributed by atoms with Crippen molar-refractivity contribution in [3.63, 3.8) is 0 Å². The first-order valence-corrected chi connectivity index (χ1v) is 6.17. The summed E-state index contributed by atoms with van der Waals surface area (Å²) in [6.45, 7) is 9.91. The molecule has 1 rings (SSSR count). The largest absolute Gasteiger partial charge is 0.385 e. The SMILES string of the molecule is CC=N/C=C(\CC)C1(O)C(C)CNCC1C. The molecule has 0 aromatic heterocycles. The Morgan fingerprint density at radius 1 is 1.44 bits per heavy atom. The third-order valence-corrected chi connectivity index (χ3v) is 3.68. The molecule has 92 valence electrons. The molecule has 3 heteroatoms. The highest BCUT2D eigenvalue weighted by Gasteiger charge is 2.44. The summed E-state index contributed by atoms with van der Waals surface area (Å²) in [5.74, 6) is 0.462. The molecule has 1 heterocycles. The van der Waals surface area contributed by atoms with E-state index in [1.54, 1.807) is 6.21 Å². The van der Waals surface area contributed by atoms with Crippen LogP contribution >= 0.6 is 0 Å². The van der Waals surface area contributed by atoms with E-state index < -0.39 is 5.60 Å². The Kier molecular flexibility index (Phi) is 4.69. The topological polar surface area (TPSA) is 44.6 Å². The highest BCUT2D eigenvalue weighted by Crippen LogP contribution is 2.37. The van der Waals surface area contributed by atoms with Gasteiger partial charge in [0.05, 0.1) is 5.60 Å². The third-order valence-electron chi connectivity index (χ3n) is 3.68. The van der Waals surface area contributed by atoms with Gasteiger partial charge in [-0.1, -0.05) is 20.8 Å². The van der Waals surface area contributed by atoms with Gasteiger partial charge in [-0.25, -0.2) is 0 Å². The Hall–Kier alpha value is -0.670. The van der Waals surface area contributed by atoms with Crippen LogP contribution in [0.5, 0.6) is 0 Å². The lowest BCUT2D eigenvalue weighted by atomic mass is 9.70. The predicted molar refractivity (Wildman–Crippen MR) is 68.7 cm³/mol. The predicted octanol–water partition coefficient (Wildman–Crippen LogP) is 1.98. The van der Waals surface area contributed by atoms with E-state index in [0.717, 1.165) is 25.1 Å². The van der Waals surface area contributed by atoms with Crippen LogP contribution in [0.2, 0.25) is 0 Å². The van der Waals surface area contributed by atoms with Gasteiger partial charge >= 0.3 is 0 Å². The first-order valence-electron chi connectivity index (χ1n) is 6.17. The summed E-state index contributed by atoms with van der Waals surface area (Å²) in [6, 6.07) is 0. The third kappa shape index (κ3) is 2.36. The lowest BCUT2D eigenvalue weighted by Gasteiger charge is -2.45. The summed E-state index contributed by atoms with van der Waals surface area (Å²) in [5, 5.41) is 14.3. The van der Waals surface area contributed by atoms with Gasteiger partial charge in [0.15, 0.2) is 0 Å². The number of aliphatic hydroxyl groups is 1. The molecule has 1 aliphatic rings. The lowest BCUT2D eigenvalue weighted by molar-refractivity contribution is -0.0436. The van der Waals surface area contributed by atoms with Crippen molar-refractivity contribution in [2.45, 2.75) is 39.7 Å². The van der Waals surface area contributed by atoms with E-state index in [1.807, 2.05) is 13.1 Å². The van der Waals surface area contributed by atoms with Crippen molar-refractivity contribution in [3.8, 4) is 0 Å². The molecule has 0 amide bonds. The first-order chi connectivity index (χ1) is 7.57. The quantitative estimate of drug-likeness (QED) is 0.720. The van der Waals surface area contributed by atoms with Crippen LogP contribution in [0.25, 0.3) is 0 Å². The Bertz CT molecular complexity index is 274. The average Bonchev–Trinajstić information content (AvgIpc) is 2.27. The monoisotopic (exact) mass is 224 g/mol. The van der Waals surface area contributed by atoms with Gasteiger partial charge in [-0.05, 0) is 18.9 Å². The Morgan fingerprint density at radius 3 is 2.44 bits per heavy atom. The maximum Gasteiger partial charge on any atom is 0.0949 e. The summed E-state index contributed by atoms with van der Waals surface area (Å²) in [6.07, 6.45) is 4.44. The average molecular weight is 224 g/mol. The maximum atomic E-state index is 10.9. The van der Waals surface area contributed by atoms with Crippen molar-refractivity contribution in [2.24, 2.45) is 16.8 Å². The number of aliphatic imine (C=N–C) groups is 1. The smallest absolute Gasteiger partial charge is 0.0949 e. The van der Waals surface area contributed by atoms with Crippen LogP contribution in [0.4, 0.5) is 0 Å². The summed E-state index contributed by atoms with van der Waals surface area (Å²) in [5.41, 5.74) is 0.346. The standard InChI is InChI=1S/C13H24N2O/c1-5-12(9-14-6-2)13(16)10(3)7-15-8-11(13)4/h6,9-11,15-16H,5,7-8H2,1-4H3/b12-9+,14-6?. The van der Waals surface area contributed by atoms with Gasteiger partial charge in [-0.2, -0.15) is 0 Å². The van der Waals surface area contributed by atoms with Crippen LogP contribution < -0.4 is 5.32 Å². The zero-order valence-corrected chi connectivity index (χ0v) is 10.8. The van der Waals surface area contributed by atoms with Crippen molar-refractivity contribution in [3.05, 3.63) is 11.8 Å². The second-order valence-corrected chi connectivity index (χ2v) is 4.70. The number of hydrogen-bond donors (Lipinski definition) is 2. The van der Waals surface area contributed by atoms with Crippen LogP contribution in [0, 0.1) is 11.8 Å². The second kappa shape index (κ2) is 5.60. The van der Waals surface area contributed by atoms with Gasteiger partial charge < -0.3 is 10.4 Å². The number of rotatable bonds is 3. The van der Waals surface area contributed by atoms with Gasteiger partial charge in [0.2, 0.25) is 0 Å². The van der Waals surface area contributed by atoms with Gasteiger partial charge in [0.25, 0.3) is 0 Å². The summed E-state index contributed by atoms with van der Waals surface area (Å²) in [4.78, 5) is 4.16. The van der Waals surface area contributed by atoms with E-state index in [-0.39, 0.29) is 11.8 Å². The van der Waals surface area contributed by atoms with E-state index in [9.17, 15) is 5.11 Å². The fourth-order valence-electron chi connectivity index (χ4n) is 2.59. The molecule has 0 aromatic rings. The van der Waals surface area contributed by atoms with Crippen molar-refractivity contribution < 1.29 is 5.11 Å². The fraction of sp³-hybridized carbons (Fsp3) is 0.769. The second-order valence-electron chi connectivity index (χ2n) is 4.70. The molecule has 0 saturated carbocycles. The summed E-state index contributed by atoms with van der Waals surface area (Å²) in [7, 11) is 0. The van der Waals surface area contributed by atoms with Gasteiger partial charge in [-0.15, -0.1) is 0 Å². The van der Waals surface area contributed by atoms with Crippen LogP contribution in [-0.2, 0) is 0 Å². The van der Waals surface area contributed by atoms with Crippen molar-refractivity contribution >= 4 is 6.21 Å². The normalized spacial score (nSPS) is 36.9. The number of nitrogens with zero attached hydrogens (tertiary/aromatic N) is 1. The summed E-state index contributed by atoms with van der Waals surface area (Å²) >= 11 is 0. The van der Waals surface area contributed by atoms with Crippen LogP contribution in [0.1, 0.15) is 34.1 Å². The van der Waals surface area contributed by atoms with E-state index in [4.69, 9.17) is 0 Å². The summed E-state index contributed by atoms with van der Waals surface area (Å²) < 4.78 is 0. The lowest BCUT2D eigenvalue weighted by Crippen LogP contribution is -2.56. The Balaban J connectivity index is 3.02. The number of piperidine rings is 1. The van der Waals surface area contributed by atoms with Gasteiger partial charge in [-0.3, -0.25) is 4.99 Å². The van der Waals surface area contributed by atoms with Crippen LogP contribution in [0.15, 0.2) is 16.8 Å². The van der Waals surface area contributed by atoms with Crippen LogP contribution in [-0.4, -0.2) is 30.0 Å². The van der Waals surface area contributed by atoms with Crippen LogP contribution in [0.3, 0.4) is 0 Å². The number of hydrogen-bond acceptors (Lipinski definition) is 3. The van der Waals surface area contributed by atoms with Crippen molar-refractivity contribution in [2.75, 3.05) is 13.1 Å². The minimum absolute atomic E-state index is 0.231. The minimum atomic E-state index is -0.702. The van der Waals surface area contributed by atoms with Gasteiger partial charge in [0, 0.05) is 37.3 Å². The maximum absolute atomic E-state index is 10.9. The minimum Gasteiger partial charge on any atom is -0.385 e. The molecular formula is C13H24N2O. The molecule has 2 N–H and O–H groups in total.